The van der Waals surface area contributed by atoms with Crippen LogP contribution in [0.3, 0.4) is 0 Å². The molecule has 2 aliphatic heterocycles. The van der Waals surface area contributed by atoms with Crippen molar-refractivity contribution in [2.45, 2.75) is 13.1 Å². The van der Waals surface area contributed by atoms with Gasteiger partial charge in [0.2, 0.25) is 5.96 Å². The number of alkyl halides is 3. The summed E-state index contributed by atoms with van der Waals surface area (Å²) in [6.07, 6.45) is 0.866. The zero-order valence-corrected chi connectivity index (χ0v) is 12.6. The quantitative estimate of drug-likeness (QED) is 0.865. The fraction of sp³-hybridized carbons (Fsp3) is 0.250. The van der Waals surface area contributed by atoms with Crippen molar-refractivity contribution in [1.29, 1.82) is 0 Å². The molecule has 1 N–H and O–H groups in total. The number of aliphatic imine (C=N–C) groups is 1. The van der Waals surface area contributed by atoms with E-state index in [1.54, 1.807) is 24.2 Å². The summed E-state index contributed by atoms with van der Waals surface area (Å²) >= 11 is 0. The monoisotopic (exact) mass is 320 g/mol. The molecule has 0 spiro atoms. The zero-order chi connectivity index (χ0) is 16.6. The molecule has 7 heteroatoms. The van der Waals surface area contributed by atoms with E-state index in [4.69, 9.17) is 0 Å². The molecule has 1 aromatic rings. The Balaban J connectivity index is 2.17. The number of halogens is 3. The lowest BCUT2D eigenvalue weighted by molar-refractivity contribution is -0.0885. The Hall–Kier alpha value is -2.57. The van der Waals surface area contributed by atoms with E-state index < -0.39 is 11.7 Å². The fourth-order valence-electron chi connectivity index (χ4n) is 2.63. The molecule has 0 aromatic carbocycles. The number of pyridine rings is 1. The van der Waals surface area contributed by atoms with E-state index in [0.717, 1.165) is 29.0 Å². The lowest BCUT2D eigenvalue weighted by Gasteiger charge is -2.32. The summed E-state index contributed by atoms with van der Waals surface area (Å²) in [4.78, 5) is 10.2. The van der Waals surface area contributed by atoms with E-state index in [-0.39, 0.29) is 0 Å². The van der Waals surface area contributed by atoms with Crippen LogP contribution >= 0.6 is 0 Å². The molecular formula is C16H15F3N4. The standard InChI is InChI=1S/C16H15F3N4/c1-10-12(4-3-6-21-10)13-9-22-15(20-2)23-7-5-11(8-14(13)23)16(17,18)19/h3-8H,9H2,1-2H3,(H,20,22). The minimum Gasteiger partial charge on any atom is -0.359 e. The van der Waals surface area contributed by atoms with Crippen molar-refractivity contribution in [3.8, 4) is 0 Å². The zero-order valence-electron chi connectivity index (χ0n) is 12.6. The van der Waals surface area contributed by atoms with Crippen molar-refractivity contribution in [2.24, 2.45) is 4.99 Å². The van der Waals surface area contributed by atoms with Gasteiger partial charge < -0.3 is 5.32 Å². The highest BCUT2D eigenvalue weighted by atomic mass is 19.4. The van der Waals surface area contributed by atoms with Gasteiger partial charge in [-0.05, 0) is 25.1 Å². The highest BCUT2D eigenvalue weighted by molar-refractivity contribution is 5.91. The average Bonchev–Trinajstić information content (AvgIpc) is 2.53. The molecule has 4 nitrogen and oxygen atoms in total. The van der Waals surface area contributed by atoms with Gasteiger partial charge in [0, 0.05) is 36.3 Å². The first-order valence-corrected chi connectivity index (χ1v) is 7.05. The molecule has 3 rings (SSSR count). The number of guanidine groups is 1. The third-order valence-corrected chi connectivity index (χ3v) is 3.76. The molecule has 0 atom stereocenters. The van der Waals surface area contributed by atoms with Crippen LogP contribution in [-0.2, 0) is 0 Å². The molecule has 0 unspecified atom stereocenters. The van der Waals surface area contributed by atoms with E-state index in [1.165, 1.54) is 6.20 Å². The van der Waals surface area contributed by atoms with Crippen molar-refractivity contribution >= 4 is 11.5 Å². The van der Waals surface area contributed by atoms with Crippen LogP contribution in [0.1, 0.15) is 11.3 Å². The van der Waals surface area contributed by atoms with Gasteiger partial charge in [-0.3, -0.25) is 9.88 Å². The maximum atomic E-state index is 13.1. The van der Waals surface area contributed by atoms with Gasteiger partial charge >= 0.3 is 6.18 Å². The van der Waals surface area contributed by atoms with Gasteiger partial charge in [-0.2, -0.15) is 13.2 Å². The van der Waals surface area contributed by atoms with Gasteiger partial charge in [0.25, 0.3) is 0 Å². The Kier molecular flexibility index (Phi) is 3.71. The smallest absolute Gasteiger partial charge is 0.359 e. The Labute approximate surface area is 131 Å². The van der Waals surface area contributed by atoms with Gasteiger partial charge in [0.15, 0.2) is 0 Å². The molecule has 0 radical (unpaired) electrons. The average molecular weight is 320 g/mol. The summed E-state index contributed by atoms with van der Waals surface area (Å²) in [6.45, 7) is 2.13. The minimum atomic E-state index is -4.39. The van der Waals surface area contributed by atoms with E-state index in [0.29, 0.717) is 18.2 Å². The second-order valence-corrected chi connectivity index (χ2v) is 5.17. The third kappa shape index (κ3) is 2.74. The minimum absolute atomic E-state index is 0.296. The van der Waals surface area contributed by atoms with Crippen LogP contribution in [0, 0.1) is 6.92 Å². The van der Waals surface area contributed by atoms with Crippen LogP contribution in [0.25, 0.3) is 5.57 Å². The van der Waals surface area contributed by atoms with Gasteiger partial charge in [-0.25, -0.2) is 4.99 Å². The van der Waals surface area contributed by atoms with E-state index in [2.05, 4.69) is 15.3 Å². The van der Waals surface area contributed by atoms with E-state index in [1.807, 2.05) is 13.0 Å². The maximum absolute atomic E-state index is 13.1. The van der Waals surface area contributed by atoms with Crippen LogP contribution in [-0.4, -0.2) is 35.6 Å². The van der Waals surface area contributed by atoms with Gasteiger partial charge in [-0.15, -0.1) is 0 Å². The molecule has 120 valence electrons. The molecule has 1 aromatic heterocycles. The number of nitrogens with zero attached hydrogens (tertiary/aromatic N) is 3. The number of nitrogens with one attached hydrogen (secondary N) is 1. The first kappa shape index (κ1) is 15.3. The number of hydrogen-bond acceptors (Lipinski definition) is 4. The number of fused-ring (bicyclic) bond motifs is 1. The van der Waals surface area contributed by atoms with Crippen molar-refractivity contribution in [3.05, 3.63) is 59.2 Å². The Morgan fingerprint density at radius 3 is 2.74 bits per heavy atom. The molecule has 3 heterocycles. The normalized spacial score (nSPS) is 17.7. The number of aromatic nitrogens is 1. The number of rotatable bonds is 1. The maximum Gasteiger partial charge on any atom is 0.416 e. The SMILES string of the molecule is CNC1=NCC(c2cccnc2C)=C2C=C(C(F)(F)F)C=CN12. The summed E-state index contributed by atoms with van der Waals surface area (Å²) in [5, 5.41) is 2.91. The van der Waals surface area contributed by atoms with E-state index >= 15 is 0 Å². The number of allylic oxidation sites excluding steroid dienone is 3. The predicted molar refractivity (Wildman–Crippen MR) is 82.4 cm³/mol. The van der Waals surface area contributed by atoms with Crippen LogP contribution in [0.15, 0.2) is 52.9 Å². The fourth-order valence-corrected chi connectivity index (χ4v) is 2.63. The van der Waals surface area contributed by atoms with Crippen LogP contribution < -0.4 is 5.32 Å². The van der Waals surface area contributed by atoms with Crippen LogP contribution in [0.4, 0.5) is 13.2 Å². The van der Waals surface area contributed by atoms with Gasteiger partial charge in [0.05, 0.1) is 17.8 Å². The predicted octanol–water partition coefficient (Wildman–Crippen LogP) is 3.01. The second kappa shape index (κ2) is 5.57. The summed E-state index contributed by atoms with van der Waals surface area (Å²) in [6, 6.07) is 3.62. The molecule has 23 heavy (non-hydrogen) atoms. The molecule has 0 saturated heterocycles. The third-order valence-electron chi connectivity index (χ3n) is 3.76. The topological polar surface area (TPSA) is 40.5 Å². The molecular weight excluding hydrogens is 305 g/mol. The summed E-state index contributed by atoms with van der Waals surface area (Å²) in [5.74, 6) is 0.513. The van der Waals surface area contributed by atoms with Crippen molar-refractivity contribution in [1.82, 2.24) is 15.2 Å². The molecule has 2 aliphatic rings. The largest absolute Gasteiger partial charge is 0.416 e. The first-order chi connectivity index (χ1) is 10.9. The van der Waals surface area contributed by atoms with Crippen molar-refractivity contribution in [2.75, 3.05) is 13.6 Å². The number of hydrogen-bond donors (Lipinski definition) is 1. The first-order valence-electron chi connectivity index (χ1n) is 7.05. The molecule has 0 saturated carbocycles. The lowest BCUT2D eigenvalue weighted by Crippen LogP contribution is -2.39. The summed E-state index contributed by atoms with van der Waals surface area (Å²) in [7, 11) is 1.69. The molecule has 0 aliphatic carbocycles. The van der Waals surface area contributed by atoms with Gasteiger partial charge in [-0.1, -0.05) is 6.07 Å². The van der Waals surface area contributed by atoms with Crippen LogP contribution in [0.2, 0.25) is 0 Å². The molecule has 0 fully saturated rings. The van der Waals surface area contributed by atoms with E-state index in [9.17, 15) is 13.2 Å². The Morgan fingerprint density at radius 2 is 2.09 bits per heavy atom. The molecule has 0 amide bonds. The Bertz CT molecular complexity index is 757. The highest BCUT2D eigenvalue weighted by Gasteiger charge is 2.36. The van der Waals surface area contributed by atoms with Crippen molar-refractivity contribution in [3.63, 3.8) is 0 Å². The molecule has 0 bridgehead atoms. The highest BCUT2D eigenvalue weighted by Crippen LogP contribution is 2.36. The summed E-state index contributed by atoms with van der Waals surface area (Å²) in [5.41, 5.74) is 2.07. The second-order valence-electron chi connectivity index (χ2n) is 5.17. The van der Waals surface area contributed by atoms with Gasteiger partial charge in [0.1, 0.15) is 0 Å². The Morgan fingerprint density at radius 1 is 1.30 bits per heavy atom. The summed E-state index contributed by atoms with van der Waals surface area (Å²) < 4.78 is 39.2. The lowest BCUT2D eigenvalue weighted by atomic mass is 9.98. The van der Waals surface area contributed by atoms with Crippen LogP contribution in [0.5, 0.6) is 0 Å². The van der Waals surface area contributed by atoms with Crippen molar-refractivity contribution < 1.29 is 13.2 Å². The number of aryl methyl sites for hydroxylation is 1.